The maximum atomic E-state index is 13.2. The van der Waals surface area contributed by atoms with Gasteiger partial charge in [0.05, 0.1) is 12.8 Å². The molecule has 0 aliphatic heterocycles. The summed E-state index contributed by atoms with van der Waals surface area (Å²) in [6.45, 7) is 0. The summed E-state index contributed by atoms with van der Waals surface area (Å²) in [4.78, 5) is 20.6. The number of carbonyl (C=O) groups is 1. The zero-order valence-corrected chi connectivity index (χ0v) is 13.4. The van der Waals surface area contributed by atoms with Crippen LogP contribution in [0.25, 0.3) is 0 Å². The Hall–Kier alpha value is -3.48. The lowest BCUT2D eigenvalue weighted by Gasteiger charge is -2.11. The Morgan fingerprint density at radius 2 is 1.88 bits per heavy atom. The monoisotopic (exact) mass is 338 g/mol. The minimum Gasteiger partial charge on any atom is -0.494 e. The molecular weight excluding hydrogens is 323 g/mol. The van der Waals surface area contributed by atoms with Crippen LogP contribution in [0.15, 0.2) is 60.9 Å². The molecule has 2 aromatic carbocycles. The minimum absolute atomic E-state index is 0.250. The summed E-state index contributed by atoms with van der Waals surface area (Å²) in [6, 6.07) is 12.5. The first-order valence-corrected chi connectivity index (χ1v) is 7.45. The summed E-state index contributed by atoms with van der Waals surface area (Å²) < 4.78 is 18.3. The van der Waals surface area contributed by atoms with Crippen molar-refractivity contribution in [3.8, 4) is 5.75 Å². The lowest BCUT2D eigenvalue weighted by molar-refractivity contribution is 0.102. The van der Waals surface area contributed by atoms with Gasteiger partial charge in [-0.05, 0) is 36.4 Å². The van der Waals surface area contributed by atoms with E-state index in [2.05, 4.69) is 20.6 Å². The van der Waals surface area contributed by atoms with Crippen LogP contribution in [-0.4, -0.2) is 23.0 Å². The van der Waals surface area contributed by atoms with Gasteiger partial charge < -0.3 is 15.4 Å². The molecule has 1 amide bonds. The molecule has 0 atom stereocenters. The molecule has 7 heteroatoms. The van der Waals surface area contributed by atoms with Crippen molar-refractivity contribution in [3.05, 3.63) is 72.3 Å². The Bertz CT molecular complexity index is 887. The number of anilines is 3. The molecule has 0 aliphatic rings. The molecule has 0 unspecified atom stereocenters. The van der Waals surface area contributed by atoms with E-state index in [1.54, 1.807) is 42.7 Å². The maximum Gasteiger partial charge on any atom is 0.255 e. The fourth-order valence-electron chi connectivity index (χ4n) is 2.19. The highest BCUT2D eigenvalue weighted by molar-refractivity contribution is 6.05. The topological polar surface area (TPSA) is 76.1 Å². The lowest BCUT2D eigenvalue weighted by atomic mass is 10.1. The van der Waals surface area contributed by atoms with Crippen LogP contribution >= 0.6 is 0 Å². The van der Waals surface area contributed by atoms with E-state index in [0.29, 0.717) is 22.9 Å². The molecule has 0 fully saturated rings. The first-order valence-electron chi connectivity index (χ1n) is 7.45. The number of hydrogen-bond acceptors (Lipinski definition) is 5. The van der Waals surface area contributed by atoms with Crippen LogP contribution in [0.3, 0.4) is 0 Å². The average Bonchev–Trinajstić information content (AvgIpc) is 2.64. The molecule has 1 aromatic heterocycles. The Labute approximate surface area is 143 Å². The molecule has 0 radical (unpaired) electrons. The number of carbonyl (C=O) groups excluding carboxylic acids is 1. The Kier molecular flexibility index (Phi) is 4.84. The Balaban J connectivity index is 1.78. The molecule has 6 nitrogen and oxygen atoms in total. The van der Waals surface area contributed by atoms with Gasteiger partial charge >= 0.3 is 0 Å². The van der Waals surface area contributed by atoms with Gasteiger partial charge in [-0.25, -0.2) is 14.4 Å². The molecule has 3 rings (SSSR count). The second-order valence-corrected chi connectivity index (χ2v) is 5.08. The number of rotatable bonds is 5. The van der Waals surface area contributed by atoms with E-state index in [1.165, 1.54) is 25.3 Å². The summed E-state index contributed by atoms with van der Waals surface area (Å²) in [5, 5.41) is 5.72. The van der Waals surface area contributed by atoms with E-state index in [0.717, 1.165) is 0 Å². The van der Waals surface area contributed by atoms with Crippen molar-refractivity contribution in [1.82, 2.24) is 9.97 Å². The van der Waals surface area contributed by atoms with E-state index in [1.807, 2.05) is 0 Å². The van der Waals surface area contributed by atoms with Gasteiger partial charge in [-0.1, -0.05) is 6.07 Å². The zero-order valence-electron chi connectivity index (χ0n) is 13.4. The fraction of sp³-hybridized carbons (Fsp3) is 0.0556. The van der Waals surface area contributed by atoms with Crippen LogP contribution in [0.5, 0.6) is 5.75 Å². The zero-order chi connectivity index (χ0) is 17.6. The molecule has 0 saturated heterocycles. The quantitative estimate of drug-likeness (QED) is 0.743. The number of methoxy groups -OCH3 is 1. The number of hydrogen-bond donors (Lipinski definition) is 2. The third-order valence-corrected chi connectivity index (χ3v) is 3.36. The highest BCUT2D eigenvalue weighted by Crippen LogP contribution is 2.25. The van der Waals surface area contributed by atoms with Gasteiger partial charge in [0, 0.05) is 29.7 Å². The van der Waals surface area contributed by atoms with E-state index < -0.39 is 5.82 Å². The number of amides is 1. The highest BCUT2D eigenvalue weighted by atomic mass is 19.1. The molecule has 2 N–H and O–H groups in total. The summed E-state index contributed by atoms with van der Waals surface area (Å²) in [7, 11) is 1.41. The van der Waals surface area contributed by atoms with E-state index in [9.17, 15) is 9.18 Å². The van der Waals surface area contributed by atoms with Crippen molar-refractivity contribution >= 4 is 23.2 Å². The molecule has 126 valence electrons. The third-order valence-electron chi connectivity index (χ3n) is 3.36. The minimum atomic E-state index is -0.441. The van der Waals surface area contributed by atoms with Gasteiger partial charge in [0.1, 0.15) is 11.6 Å². The number of aromatic nitrogens is 2. The molecule has 3 aromatic rings. The van der Waals surface area contributed by atoms with Crippen LogP contribution < -0.4 is 15.4 Å². The van der Waals surface area contributed by atoms with Crippen molar-refractivity contribution < 1.29 is 13.9 Å². The largest absolute Gasteiger partial charge is 0.494 e. The SMILES string of the molecule is COc1cc(F)ccc1NC(=O)c1cccc(Nc2ncccn2)c1. The molecule has 25 heavy (non-hydrogen) atoms. The number of benzene rings is 2. The number of ether oxygens (including phenoxy) is 1. The first kappa shape index (κ1) is 16.4. The predicted molar refractivity (Wildman–Crippen MR) is 92.7 cm³/mol. The Morgan fingerprint density at radius 1 is 1.08 bits per heavy atom. The normalized spacial score (nSPS) is 10.2. The molecular formula is C18H15FN4O2. The van der Waals surface area contributed by atoms with E-state index in [-0.39, 0.29) is 11.7 Å². The predicted octanol–water partition coefficient (Wildman–Crippen LogP) is 3.62. The van der Waals surface area contributed by atoms with Gasteiger partial charge in [0.15, 0.2) is 0 Å². The molecule has 1 heterocycles. The van der Waals surface area contributed by atoms with Crippen molar-refractivity contribution in [2.45, 2.75) is 0 Å². The summed E-state index contributed by atoms with van der Waals surface area (Å²) in [5.74, 6) is -0.105. The van der Waals surface area contributed by atoms with Gasteiger partial charge in [0.2, 0.25) is 5.95 Å². The van der Waals surface area contributed by atoms with Crippen LogP contribution in [0, 0.1) is 5.82 Å². The number of halogens is 1. The summed E-state index contributed by atoms with van der Waals surface area (Å²) in [5.41, 5.74) is 1.48. The van der Waals surface area contributed by atoms with Crippen LogP contribution in [-0.2, 0) is 0 Å². The average molecular weight is 338 g/mol. The van der Waals surface area contributed by atoms with Gasteiger partial charge in [-0.15, -0.1) is 0 Å². The van der Waals surface area contributed by atoms with Crippen molar-refractivity contribution in [1.29, 1.82) is 0 Å². The molecule has 0 aliphatic carbocycles. The molecule has 0 saturated carbocycles. The fourth-order valence-corrected chi connectivity index (χ4v) is 2.19. The van der Waals surface area contributed by atoms with Crippen LogP contribution in [0.2, 0.25) is 0 Å². The van der Waals surface area contributed by atoms with Gasteiger partial charge in [-0.3, -0.25) is 4.79 Å². The standard InChI is InChI=1S/C18H15FN4O2/c1-25-16-11-13(19)6-7-15(16)23-17(24)12-4-2-5-14(10-12)22-18-20-8-3-9-21-18/h2-11H,1H3,(H,23,24)(H,20,21,22). The lowest BCUT2D eigenvalue weighted by Crippen LogP contribution is -2.13. The number of nitrogens with one attached hydrogen (secondary N) is 2. The summed E-state index contributed by atoms with van der Waals surface area (Å²) >= 11 is 0. The van der Waals surface area contributed by atoms with Crippen molar-refractivity contribution in [2.24, 2.45) is 0 Å². The molecule has 0 spiro atoms. The van der Waals surface area contributed by atoms with Gasteiger partial charge in [0.25, 0.3) is 5.91 Å². The molecule has 0 bridgehead atoms. The first-order chi connectivity index (χ1) is 12.2. The maximum absolute atomic E-state index is 13.2. The van der Waals surface area contributed by atoms with Gasteiger partial charge in [-0.2, -0.15) is 0 Å². The van der Waals surface area contributed by atoms with Crippen molar-refractivity contribution in [3.63, 3.8) is 0 Å². The highest BCUT2D eigenvalue weighted by Gasteiger charge is 2.11. The smallest absolute Gasteiger partial charge is 0.255 e. The van der Waals surface area contributed by atoms with E-state index >= 15 is 0 Å². The Morgan fingerprint density at radius 3 is 2.64 bits per heavy atom. The summed E-state index contributed by atoms with van der Waals surface area (Å²) in [6.07, 6.45) is 3.24. The van der Waals surface area contributed by atoms with Crippen LogP contribution in [0.4, 0.5) is 21.7 Å². The number of nitrogens with zero attached hydrogens (tertiary/aromatic N) is 2. The van der Waals surface area contributed by atoms with E-state index in [4.69, 9.17) is 4.74 Å². The van der Waals surface area contributed by atoms with Crippen LogP contribution in [0.1, 0.15) is 10.4 Å². The van der Waals surface area contributed by atoms with Crippen molar-refractivity contribution in [2.75, 3.05) is 17.7 Å². The third kappa shape index (κ3) is 4.08. The second kappa shape index (κ2) is 7.39. The second-order valence-electron chi connectivity index (χ2n) is 5.08.